The van der Waals surface area contributed by atoms with Crippen molar-refractivity contribution in [2.75, 3.05) is 0 Å². The van der Waals surface area contributed by atoms with Crippen molar-refractivity contribution in [3.63, 3.8) is 0 Å². The maximum atomic E-state index is 6.56. The summed E-state index contributed by atoms with van der Waals surface area (Å²) in [7, 11) is 0. The molecule has 0 aliphatic heterocycles. The molecule has 4 aliphatic carbocycles. The molecule has 0 spiro atoms. The number of hydrogen-bond donors (Lipinski definition) is 0. The van der Waals surface area contributed by atoms with Crippen LogP contribution in [0.3, 0.4) is 0 Å². The highest BCUT2D eigenvalue weighted by atomic mass is 35.5. The molecule has 5 unspecified atom stereocenters. The van der Waals surface area contributed by atoms with Crippen molar-refractivity contribution in [1.29, 1.82) is 0 Å². The second-order valence-corrected chi connectivity index (χ2v) is 12.7. The highest BCUT2D eigenvalue weighted by Gasteiger charge is 2.58. The van der Waals surface area contributed by atoms with Gasteiger partial charge in [0.15, 0.2) is 0 Å². The molecule has 0 amide bonds. The van der Waals surface area contributed by atoms with Crippen LogP contribution >= 0.6 is 11.6 Å². The zero-order chi connectivity index (χ0) is 20.1. The quantitative estimate of drug-likeness (QED) is 0.317. The van der Waals surface area contributed by atoms with E-state index in [1.165, 1.54) is 70.6 Å². The molecule has 0 aromatic carbocycles. The molecule has 0 saturated heterocycles. The standard InChI is InChI=1S/C27H45Cl/c1-18(2)7-6-8-19(3)23-11-12-24-22-10-9-20-17-21(28)13-15-26(20,4)25(22)14-16-27(23,24)5/h9,18-19,21-25H,6-8,10-17H2,1-5H3/t19-,21+,22?,23?,24?,25?,26?,27-/m1/s1. The third kappa shape index (κ3) is 3.52. The fourth-order valence-electron chi connectivity index (χ4n) is 8.64. The molecule has 0 heterocycles. The van der Waals surface area contributed by atoms with Gasteiger partial charge in [0.05, 0.1) is 0 Å². The second kappa shape index (κ2) is 7.94. The van der Waals surface area contributed by atoms with Crippen molar-refractivity contribution >= 4 is 11.6 Å². The molecule has 28 heavy (non-hydrogen) atoms. The van der Waals surface area contributed by atoms with Crippen LogP contribution in [0.25, 0.3) is 0 Å². The summed E-state index contributed by atoms with van der Waals surface area (Å²) < 4.78 is 0. The number of allylic oxidation sites excluding steroid dienone is 2. The smallest absolute Gasteiger partial charge is 0.0373 e. The lowest BCUT2D eigenvalue weighted by atomic mass is 9.47. The first-order valence-corrected chi connectivity index (χ1v) is 13.0. The molecule has 0 aromatic rings. The van der Waals surface area contributed by atoms with Crippen molar-refractivity contribution in [2.24, 2.45) is 46.3 Å². The minimum atomic E-state index is 0.396. The fraction of sp³-hybridized carbons (Fsp3) is 0.926. The van der Waals surface area contributed by atoms with Gasteiger partial charge in [-0.25, -0.2) is 0 Å². The van der Waals surface area contributed by atoms with Crippen LogP contribution in [0.4, 0.5) is 0 Å². The predicted octanol–water partition coefficient (Wildman–Crippen LogP) is 8.64. The second-order valence-electron chi connectivity index (χ2n) is 12.1. The zero-order valence-corrected chi connectivity index (χ0v) is 20.0. The molecule has 1 heteroatoms. The van der Waals surface area contributed by atoms with Crippen LogP contribution in [-0.2, 0) is 0 Å². The zero-order valence-electron chi connectivity index (χ0n) is 19.3. The third-order valence-electron chi connectivity index (χ3n) is 10.2. The van der Waals surface area contributed by atoms with Crippen LogP contribution in [0.1, 0.15) is 105 Å². The van der Waals surface area contributed by atoms with Crippen molar-refractivity contribution in [2.45, 2.75) is 111 Å². The normalized spacial score (nSPS) is 46.5. The molecule has 0 bridgehead atoms. The molecule has 4 aliphatic rings. The van der Waals surface area contributed by atoms with Gasteiger partial charge in [-0.1, -0.05) is 65.5 Å². The van der Waals surface area contributed by atoms with E-state index < -0.39 is 0 Å². The van der Waals surface area contributed by atoms with Crippen molar-refractivity contribution in [3.05, 3.63) is 11.6 Å². The Kier molecular flexibility index (Phi) is 6.03. The van der Waals surface area contributed by atoms with E-state index in [1.54, 1.807) is 5.57 Å². The van der Waals surface area contributed by atoms with E-state index in [4.69, 9.17) is 11.6 Å². The van der Waals surface area contributed by atoms with Gasteiger partial charge in [-0.15, -0.1) is 11.6 Å². The topological polar surface area (TPSA) is 0 Å². The summed E-state index contributed by atoms with van der Waals surface area (Å²) in [6.07, 6.45) is 18.0. The Morgan fingerprint density at radius 3 is 2.54 bits per heavy atom. The Labute approximate surface area is 180 Å². The maximum Gasteiger partial charge on any atom is 0.0373 e. The van der Waals surface area contributed by atoms with Crippen LogP contribution in [0.15, 0.2) is 11.6 Å². The van der Waals surface area contributed by atoms with Gasteiger partial charge in [0.25, 0.3) is 0 Å². The Bertz CT molecular complexity index is 591. The summed E-state index contributed by atoms with van der Waals surface area (Å²) in [6, 6.07) is 0. The maximum absolute atomic E-state index is 6.56. The first kappa shape index (κ1) is 21.3. The Morgan fingerprint density at radius 2 is 1.79 bits per heavy atom. The average Bonchev–Trinajstić information content (AvgIpc) is 2.99. The van der Waals surface area contributed by atoms with E-state index in [-0.39, 0.29) is 0 Å². The Morgan fingerprint density at radius 1 is 1.00 bits per heavy atom. The predicted molar refractivity (Wildman–Crippen MR) is 123 cm³/mol. The van der Waals surface area contributed by atoms with Gasteiger partial charge in [0.2, 0.25) is 0 Å². The van der Waals surface area contributed by atoms with Crippen LogP contribution in [0.5, 0.6) is 0 Å². The van der Waals surface area contributed by atoms with E-state index in [2.05, 4.69) is 40.7 Å². The average molecular weight is 405 g/mol. The summed E-state index contributed by atoms with van der Waals surface area (Å²) in [6.45, 7) is 12.7. The summed E-state index contributed by atoms with van der Waals surface area (Å²) >= 11 is 6.56. The number of rotatable bonds is 5. The number of fused-ring (bicyclic) bond motifs is 5. The highest BCUT2D eigenvalue weighted by Crippen LogP contribution is 2.67. The van der Waals surface area contributed by atoms with Crippen LogP contribution in [0.2, 0.25) is 0 Å². The van der Waals surface area contributed by atoms with Crippen molar-refractivity contribution in [3.8, 4) is 0 Å². The molecule has 3 saturated carbocycles. The fourth-order valence-corrected chi connectivity index (χ4v) is 8.92. The van der Waals surface area contributed by atoms with Gasteiger partial charge < -0.3 is 0 Å². The van der Waals surface area contributed by atoms with E-state index in [0.717, 1.165) is 35.5 Å². The Hall–Kier alpha value is 0.0300. The SMILES string of the molecule is CC(C)CCC[C@@H](C)C1CCC2C3CC=C4C[C@@H](Cl)CCC4(C)C3CC[C@@]21C. The molecule has 160 valence electrons. The van der Waals surface area contributed by atoms with Gasteiger partial charge in [-0.3, -0.25) is 0 Å². The third-order valence-corrected chi connectivity index (χ3v) is 10.6. The number of hydrogen-bond acceptors (Lipinski definition) is 0. The molecule has 0 radical (unpaired) electrons. The summed E-state index contributed by atoms with van der Waals surface area (Å²) in [5, 5.41) is 0.396. The first-order chi connectivity index (χ1) is 13.3. The van der Waals surface area contributed by atoms with Gasteiger partial charge in [0, 0.05) is 5.38 Å². The van der Waals surface area contributed by atoms with E-state index >= 15 is 0 Å². The molecular formula is C27H45Cl. The van der Waals surface area contributed by atoms with E-state index in [9.17, 15) is 0 Å². The molecule has 8 atom stereocenters. The van der Waals surface area contributed by atoms with Gasteiger partial charge in [-0.2, -0.15) is 0 Å². The molecule has 0 aromatic heterocycles. The number of alkyl halides is 1. The monoisotopic (exact) mass is 404 g/mol. The first-order valence-electron chi connectivity index (χ1n) is 12.6. The van der Waals surface area contributed by atoms with Gasteiger partial charge >= 0.3 is 0 Å². The van der Waals surface area contributed by atoms with E-state index in [0.29, 0.717) is 16.2 Å². The van der Waals surface area contributed by atoms with Gasteiger partial charge in [0.1, 0.15) is 0 Å². The largest absolute Gasteiger partial charge is 0.123 e. The summed E-state index contributed by atoms with van der Waals surface area (Å²) in [5.74, 6) is 5.62. The van der Waals surface area contributed by atoms with Crippen molar-refractivity contribution < 1.29 is 0 Å². The van der Waals surface area contributed by atoms with Crippen LogP contribution in [0, 0.1) is 46.3 Å². The minimum absolute atomic E-state index is 0.396. The molecule has 0 N–H and O–H groups in total. The highest BCUT2D eigenvalue weighted by molar-refractivity contribution is 6.20. The minimum Gasteiger partial charge on any atom is -0.123 e. The van der Waals surface area contributed by atoms with E-state index in [1.807, 2.05) is 0 Å². The van der Waals surface area contributed by atoms with Crippen LogP contribution < -0.4 is 0 Å². The van der Waals surface area contributed by atoms with Gasteiger partial charge in [-0.05, 0) is 97.7 Å². The summed E-state index contributed by atoms with van der Waals surface area (Å²) in [5.41, 5.74) is 2.82. The lowest BCUT2D eigenvalue weighted by Gasteiger charge is -2.58. The summed E-state index contributed by atoms with van der Waals surface area (Å²) in [4.78, 5) is 0. The lowest BCUT2D eigenvalue weighted by Crippen LogP contribution is -2.50. The molecule has 0 nitrogen and oxygen atoms in total. The molecule has 3 fully saturated rings. The molecule has 4 rings (SSSR count). The lowest BCUT2D eigenvalue weighted by molar-refractivity contribution is -0.0498. The number of halogens is 1. The Balaban J connectivity index is 1.49. The molecular weight excluding hydrogens is 360 g/mol. The van der Waals surface area contributed by atoms with Crippen LogP contribution in [-0.4, -0.2) is 5.38 Å². The van der Waals surface area contributed by atoms with Crippen molar-refractivity contribution in [1.82, 2.24) is 0 Å².